The number of nitrogens with zero attached hydrogens (tertiary/aromatic N) is 3. The lowest BCUT2D eigenvalue weighted by Crippen LogP contribution is -1.98. The van der Waals surface area contributed by atoms with E-state index in [1.54, 1.807) is 6.07 Å². The van der Waals surface area contributed by atoms with Gasteiger partial charge in [0.15, 0.2) is 0 Å². The zero-order valence-electron chi connectivity index (χ0n) is 9.83. The first-order chi connectivity index (χ1) is 8.74. The fourth-order valence-electron chi connectivity index (χ4n) is 1.89. The molecule has 0 aliphatic heterocycles. The van der Waals surface area contributed by atoms with E-state index in [0.717, 1.165) is 31.2 Å². The van der Waals surface area contributed by atoms with Gasteiger partial charge in [0.05, 0.1) is 4.92 Å². The van der Waals surface area contributed by atoms with E-state index in [0.29, 0.717) is 12.1 Å². The fourth-order valence-corrected chi connectivity index (χ4v) is 1.89. The summed E-state index contributed by atoms with van der Waals surface area (Å²) < 4.78 is 4.60. The predicted molar refractivity (Wildman–Crippen MR) is 65.1 cm³/mol. The lowest BCUT2D eigenvalue weighted by atomic mass is 10.0. The quantitative estimate of drug-likeness (QED) is 0.475. The summed E-state index contributed by atoms with van der Waals surface area (Å²) in [5, 5.41) is 18.1. The van der Waals surface area contributed by atoms with Gasteiger partial charge in [-0.3, -0.25) is 10.1 Å². The van der Waals surface area contributed by atoms with Gasteiger partial charge in [-0.05, 0) is 47.8 Å². The summed E-state index contributed by atoms with van der Waals surface area (Å²) in [4.78, 5) is 10.3. The first-order valence-electron chi connectivity index (χ1n) is 5.82. The van der Waals surface area contributed by atoms with Crippen molar-refractivity contribution in [3.63, 3.8) is 0 Å². The Morgan fingerprint density at radius 3 is 2.72 bits per heavy atom. The van der Waals surface area contributed by atoms with Gasteiger partial charge in [-0.25, -0.2) is 4.63 Å². The molecule has 7 nitrogen and oxygen atoms in total. The Hall–Kier alpha value is -2.02. The SMILES string of the molecule is NCCCCCc1ccc([N+](=O)[O-])c2nonc12. The molecule has 2 rings (SSSR count). The Balaban J connectivity index is 2.22. The number of nitrogens with two attached hydrogens (primary N) is 1. The van der Waals surface area contributed by atoms with E-state index in [2.05, 4.69) is 14.9 Å². The molecule has 1 aromatic carbocycles. The first-order valence-corrected chi connectivity index (χ1v) is 5.82. The van der Waals surface area contributed by atoms with E-state index in [1.165, 1.54) is 6.07 Å². The molecule has 0 spiro atoms. The molecule has 7 heteroatoms. The van der Waals surface area contributed by atoms with Crippen molar-refractivity contribution < 1.29 is 9.55 Å². The van der Waals surface area contributed by atoms with Crippen LogP contribution in [0.1, 0.15) is 24.8 Å². The van der Waals surface area contributed by atoms with Crippen LogP contribution in [-0.4, -0.2) is 21.8 Å². The summed E-state index contributed by atoms with van der Waals surface area (Å²) in [6.07, 6.45) is 3.77. The van der Waals surface area contributed by atoms with Crippen LogP contribution in [-0.2, 0) is 6.42 Å². The van der Waals surface area contributed by atoms with Crippen LogP contribution >= 0.6 is 0 Å². The number of nitro groups is 1. The summed E-state index contributed by atoms with van der Waals surface area (Å²) >= 11 is 0. The number of aromatic nitrogens is 2. The van der Waals surface area contributed by atoms with Gasteiger partial charge < -0.3 is 5.73 Å². The molecule has 18 heavy (non-hydrogen) atoms. The number of nitro benzene ring substituents is 1. The number of non-ortho nitro benzene ring substituents is 1. The Labute approximate surface area is 103 Å². The van der Waals surface area contributed by atoms with E-state index >= 15 is 0 Å². The Morgan fingerprint density at radius 1 is 1.22 bits per heavy atom. The highest BCUT2D eigenvalue weighted by molar-refractivity contribution is 5.85. The van der Waals surface area contributed by atoms with Crippen LogP contribution < -0.4 is 5.73 Å². The Kier molecular flexibility index (Phi) is 3.83. The standard InChI is InChI=1S/C11H14N4O3/c12-7-3-1-2-4-8-5-6-9(15(16)17)11-10(8)13-18-14-11/h5-6H,1-4,7,12H2. The van der Waals surface area contributed by atoms with Crippen LogP contribution in [0.5, 0.6) is 0 Å². The third kappa shape index (κ3) is 2.45. The molecule has 0 aliphatic rings. The summed E-state index contributed by atoms with van der Waals surface area (Å²) in [6, 6.07) is 3.16. The number of fused-ring (bicyclic) bond motifs is 1. The molecule has 1 aromatic heterocycles. The second-order valence-electron chi connectivity index (χ2n) is 4.06. The maximum absolute atomic E-state index is 10.8. The van der Waals surface area contributed by atoms with Crippen LogP contribution in [0, 0.1) is 10.1 Å². The van der Waals surface area contributed by atoms with E-state index in [1.807, 2.05) is 0 Å². The molecule has 0 aliphatic carbocycles. The molecule has 2 aromatic rings. The molecule has 0 fully saturated rings. The summed E-state index contributed by atoms with van der Waals surface area (Å²) in [7, 11) is 0. The van der Waals surface area contributed by atoms with Gasteiger partial charge in [0.1, 0.15) is 5.52 Å². The zero-order valence-corrected chi connectivity index (χ0v) is 9.83. The fraction of sp³-hybridized carbons (Fsp3) is 0.455. The number of unbranched alkanes of at least 4 members (excludes halogenated alkanes) is 2. The highest BCUT2D eigenvalue weighted by atomic mass is 16.6. The molecular weight excluding hydrogens is 236 g/mol. The third-order valence-electron chi connectivity index (χ3n) is 2.82. The number of benzene rings is 1. The van der Waals surface area contributed by atoms with Crippen molar-refractivity contribution in [2.75, 3.05) is 6.54 Å². The summed E-state index contributed by atoms with van der Waals surface area (Å²) in [5.41, 5.74) is 6.98. The van der Waals surface area contributed by atoms with Crippen molar-refractivity contribution >= 4 is 16.7 Å². The molecule has 1 heterocycles. The van der Waals surface area contributed by atoms with Crippen LogP contribution in [0.4, 0.5) is 5.69 Å². The van der Waals surface area contributed by atoms with Crippen molar-refractivity contribution in [2.24, 2.45) is 5.73 Å². The molecular formula is C11H14N4O3. The van der Waals surface area contributed by atoms with Gasteiger partial charge in [-0.1, -0.05) is 6.42 Å². The average molecular weight is 250 g/mol. The van der Waals surface area contributed by atoms with Crippen LogP contribution in [0.3, 0.4) is 0 Å². The van der Waals surface area contributed by atoms with Crippen LogP contribution in [0.25, 0.3) is 11.0 Å². The minimum absolute atomic E-state index is 0.0723. The van der Waals surface area contributed by atoms with Gasteiger partial charge in [0.25, 0.3) is 0 Å². The smallest absolute Gasteiger partial charge is 0.300 e. The maximum atomic E-state index is 10.8. The van der Waals surface area contributed by atoms with E-state index in [4.69, 9.17) is 5.73 Å². The number of hydrogen-bond donors (Lipinski definition) is 1. The lowest BCUT2D eigenvalue weighted by Gasteiger charge is -2.01. The van der Waals surface area contributed by atoms with Gasteiger partial charge in [0.2, 0.25) is 5.52 Å². The maximum Gasteiger partial charge on any atom is 0.300 e. The minimum atomic E-state index is -0.481. The topological polar surface area (TPSA) is 108 Å². The summed E-state index contributed by atoms with van der Waals surface area (Å²) in [5.74, 6) is 0. The van der Waals surface area contributed by atoms with Gasteiger partial charge in [-0.2, -0.15) is 0 Å². The molecule has 0 saturated carbocycles. The van der Waals surface area contributed by atoms with Crippen molar-refractivity contribution in [2.45, 2.75) is 25.7 Å². The monoisotopic (exact) mass is 250 g/mol. The van der Waals surface area contributed by atoms with Crippen LogP contribution in [0.15, 0.2) is 16.8 Å². The minimum Gasteiger partial charge on any atom is -0.330 e. The largest absolute Gasteiger partial charge is 0.330 e. The summed E-state index contributed by atoms with van der Waals surface area (Å²) in [6.45, 7) is 0.682. The molecule has 0 saturated heterocycles. The van der Waals surface area contributed by atoms with E-state index in [9.17, 15) is 10.1 Å². The highest BCUT2D eigenvalue weighted by Crippen LogP contribution is 2.26. The van der Waals surface area contributed by atoms with Crippen molar-refractivity contribution in [1.82, 2.24) is 10.3 Å². The normalized spacial score (nSPS) is 10.9. The zero-order chi connectivity index (χ0) is 13.0. The molecule has 2 N–H and O–H groups in total. The van der Waals surface area contributed by atoms with Gasteiger partial charge in [0, 0.05) is 6.07 Å². The number of hydrogen-bond acceptors (Lipinski definition) is 6. The lowest BCUT2D eigenvalue weighted by molar-refractivity contribution is -0.383. The average Bonchev–Trinajstić information content (AvgIpc) is 2.83. The van der Waals surface area contributed by atoms with Crippen molar-refractivity contribution in [1.29, 1.82) is 0 Å². The third-order valence-corrected chi connectivity index (χ3v) is 2.82. The molecule has 96 valence electrons. The molecule has 0 radical (unpaired) electrons. The highest BCUT2D eigenvalue weighted by Gasteiger charge is 2.18. The second kappa shape index (κ2) is 5.54. The molecule has 0 unspecified atom stereocenters. The molecule has 0 atom stereocenters. The first kappa shape index (κ1) is 12.4. The van der Waals surface area contributed by atoms with Crippen molar-refractivity contribution in [3.8, 4) is 0 Å². The molecule has 0 bridgehead atoms. The second-order valence-corrected chi connectivity index (χ2v) is 4.06. The Morgan fingerprint density at radius 2 is 2.00 bits per heavy atom. The van der Waals surface area contributed by atoms with Gasteiger partial charge >= 0.3 is 5.69 Å². The number of aryl methyl sites for hydroxylation is 1. The van der Waals surface area contributed by atoms with Crippen LogP contribution in [0.2, 0.25) is 0 Å². The number of rotatable bonds is 6. The predicted octanol–water partition coefficient (Wildman–Crippen LogP) is 1.80. The van der Waals surface area contributed by atoms with Gasteiger partial charge in [-0.15, -0.1) is 0 Å². The van der Waals surface area contributed by atoms with Crippen molar-refractivity contribution in [3.05, 3.63) is 27.8 Å². The van der Waals surface area contributed by atoms with E-state index < -0.39 is 4.92 Å². The Bertz CT molecular complexity index is 552. The molecule has 0 amide bonds. The van der Waals surface area contributed by atoms with E-state index in [-0.39, 0.29) is 11.2 Å².